The van der Waals surface area contributed by atoms with E-state index in [1.165, 1.54) is 24.1 Å². The Morgan fingerprint density at radius 2 is 1.64 bits per heavy atom. The zero-order valence-electron chi connectivity index (χ0n) is 22.2. The zero-order chi connectivity index (χ0) is 26.8. The van der Waals surface area contributed by atoms with Crippen LogP contribution < -0.4 is 10.2 Å². The number of piperidine rings is 2. The minimum Gasteiger partial charge on any atom is -0.371 e. The highest BCUT2D eigenvalue weighted by Gasteiger charge is 2.39. The van der Waals surface area contributed by atoms with E-state index in [-0.39, 0.29) is 17.9 Å². The molecule has 2 aliphatic heterocycles. The Kier molecular flexibility index (Phi) is 7.30. The predicted molar refractivity (Wildman–Crippen MR) is 154 cm³/mol. The summed E-state index contributed by atoms with van der Waals surface area (Å²) in [5, 5.41) is 3.62. The number of hydrogen-bond donors (Lipinski definition) is 1. The maximum absolute atomic E-state index is 13.6. The molecule has 3 heterocycles. The minimum absolute atomic E-state index is 0.101. The number of fused-ring (bicyclic) bond motifs is 1. The van der Waals surface area contributed by atoms with Crippen LogP contribution in [0.5, 0.6) is 0 Å². The second-order valence-corrected chi connectivity index (χ2v) is 11.7. The van der Waals surface area contributed by atoms with Crippen LogP contribution in [0, 0.1) is 5.41 Å². The summed E-state index contributed by atoms with van der Waals surface area (Å²) in [7, 11) is 0. The lowest BCUT2D eigenvalue weighted by atomic mass is 9.71. The van der Waals surface area contributed by atoms with Crippen molar-refractivity contribution in [1.29, 1.82) is 0 Å². The Balaban J connectivity index is 1.10. The summed E-state index contributed by atoms with van der Waals surface area (Å²) >= 11 is 6.26. The summed E-state index contributed by atoms with van der Waals surface area (Å²) in [6, 6.07) is 17.2. The van der Waals surface area contributed by atoms with Crippen molar-refractivity contribution in [1.82, 2.24) is 15.2 Å². The smallest absolute Gasteiger partial charge is 0.253 e. The molecular weight excluding hydrogens is 508 g/mol. The molecule has 0 bridgehead atoms. The number of nitrogens with zero attached hydrogens (tertiary/aromatic N) is 3. The van der Waals surface area contributed by atoms with Gasteiger partial charge in [-0.3, -0.25) is 14.6 Å². The van der Waals surface area contributed by atoms with E-state index in [0.717, 1.165) is 69.4 Å². The van der Waals surface area contributed by atoms with Gasteiger partial charge in [-0.15, -0.1) is 0 Å². The maximum atomic E-state index is 13.6. The van der Waals surface area contributed by atoms with E-state index < -0.39 is 0 Å². The van der Waals surface area contributed by atoms with Crippen molar-refractivity contribution in [3.8, 4) is 0 Å². The number of carbonyl (C=O) groups excluding carboxylic acids is 2. The molecular formula is C32H35ClN4O2. The van der Waals surface area contributed by atoms with Gasteiger partial charge in [-0.25, -0.2) is 0 Å². The van der Waals surface area contributed by atoms with Crippen LogP contribution in [0.1, 0.15) is 76.4 Å². The highest BCUT2D eigenvalue weighted by Crippen LogP contribution is 2.42. The summed E-state index contributed by atoms with van der Waals surface area (Å²) in [4.78, 5) is 35.2. The van der Waals surface area contributed by atoms with Crippen molar-refractivity contribution >= 4 is 29.1 Å². The molecule has 1 aromatic heterocycles. The number of aryl methyl sites for hydroxylation is 1. The van der Waals surface area contributed by atoms with Gasteiger partial charge in [0.1, 0.15) is 0 Å². The first-order chi connectivity index (χ1) is 19.0. The summed E-state index contributed by atoms with van der Waals surface area (Å²) < 4.78 is 0. The second kappa shape index (κ2) is 11.0. The zero-order valence-corrected chi connectivity index (χ0v) is 23.0. The fourth-order valence-electron chi connectivity index (χ4n) is 6.62. The first-order valence-electron chi connectivity index (χ1n) is 14.1. The third-order valence-electron chi connectivity index (χ3n) is 9.09. The van der Waals surface area contributed by atoms with E-state index in [9.17, 15) is 9.59 Å². The van der Waals surface area contributed by atoms with Crippen molar-refractivity contribution in [3.05, 3.63) is 94.3 Å². The molecule has 2 aromatic carbocycles. The van der Waals surface area contributed by atoms with Crippen LogP contribution in [-0.4, -0.2) is 47.9 Å². The Morgan fingerprint density at radius 3 is 2.38 bits per heavy atom. The molecule has 39 heavy (non-hydrogen) atoms. The van der Waals surface area contributed by atoms with Gasteiger partial charge in [-0.2, -0.15) is 0 Å². The Morgan fingerprint density at radius 1 is 0.923 bits per heavy atom. The molecule has 6 rings (SSSR count). The lowest BCUT2D eigenvalue weighted by Gasteiger charge is -2.47. The monoisotopic (exact) mass is 542 g/mol. The Hall–Kier alpha value is -3.38. The minimum atomic E-state index is -0.175. The molecule has 0 radical (unpaired) electrons. The Labute approximate surface area is 235 Å². The molecule has 7 heteroatoms. The van der Waals surface area contributed by atoms with E-state index >= 15 is 0 Å². The number of hydrogen-bond acceptors (Lipinski definition) is 4. The number of anilines is 1. The lowest BCUT2D eigenvalue weighted by Crippen LogP contribution is -2.48. The summed E-state index contributed by atoms with van der Waals surface area (Å²) in [5.41, 5.74) is 5.06. The van der Waals surface area contributed by atoms with Crippen LogP contribution >= 0.6 is 11.6 Å². The standard InChI is InChI=1S/C32H35ClN4O2/c33-28-6-2-1-5-26(28)30(38)35-29-7-3-4-23-8-9-24(22-27(23)29)31(39)37-20-14-32(15-21-37)12-18-36(19-13-32)25-10-16-34-17-11-25/h1-2,5-6,8-11,16-17,22,29H,3-4,7,12-15,18-21H2,(H,35,38). The molecule has 3 aromatic rings. The SMILES string of the molecule is O=C(NC1CCCc2ccc(C(=O)N3CCC4(CC3)CCN(c3ccncc3)CC4)cc21)c1ccccc1Cl. The van der Waals surface area contributed by atoms with Gasteiger partial charge in [0.15, 0.2) is 0 Å². The van der Waals surface area contributed by atoms with Gasteiger partial charge in [0, 0.05) is 49.8 Å². The first-order valence-corrected chi connectivity index (χ1v) is 14.5. The number of benzene rings is 2. The van der Waals surface area contributed by atoms with Crippen LogP contribution in [0.3, 0.4) is 0 Å². The van der Waals surface area contributed by atoms with Crippen LogP contribution in [0.15, 0.2) is 67.0 Å². The van der Waals surface area contributed by atoms with Crippen molar-refractivity contribution in [2.24, 2.45) is 5.41 Å². The normalized spacial score (nSPS) is 20.4. The van der Waals surface area contributed by atoms with E-state index in [0.29, 0.717) is 16.0 Å². The fraction of sp³-hybridized carbons (Fsp3) is 0.406. The van der Waals surface area contributed by atoms with Crippen molar-refractivity contribution < 1.29 is 9.59 Å². The molecule has 1 aliphatic carbocycles. The topological polar surface area (TPSA) is 65.5 Å². The van der Waals surface area contributed by atoms with E-state index in [4.69, 9.17) is 11.6 Å². The van der Waals surface area contributed by atoms with Gasteiger partial charge in [0.25, 0.3) is 11.8 Å². The molecule has 1 spiro atoms. The lowest BCUT2D eigenvalue weighted by molar-refractivity contribution is 0.0515. The molecule has 0 saturated carbocycles. The van der Waals surface area contributed by atoms with Gasteiger partial charge in [0.05, 0.1) is 16.6 Å². The van der Waals surface area contributed by atoms with Crippen molar-refractivity contribution in [2.45, 2.75) is 51.0 Å². The van der Waals surface area contributed by atoms with Crippen molar-refractivity contribution in [2.75, 3.05) is 31.1 Å². The Bertz CT molecular complexity index is 1340. The van der Waals surface area contributed by atoms with Crippen LogP contribution in [0.25, 0.3) is 0 Å². The number of likely N-dealkylation sites (tertiary alicyclic amines) is 1. The van der Waals surface area contributed by atoms with E-state index in [2.05, 4.69) is 33.4 Å². The van der Waals surface area contributed by atoms with E-state index in [1.54, 1.807) is 12.1 Å². The molecule has 202 valence electrons. The summed E-state index contributed by atoms with van der Waals surface area (Å²) in [6.07, 6.45) is 11.0. The average Bonchev–Trinajstić information content (AvgIpc) is 2.98. The number of carbonyl (C=O) groups is 2. The average molecular weight is 543 g/mol. The number of aromatic nitrogens is 1. The fourth-order valence-corrected chi connectivity index (χ4v) is 6.85. The molecule has 1 N–H and O–H groups in total. The van der Waals surface area contributed by atoms with Gasteiger partial charge < -0.3 is 15.1 Å². The van der Waals surface area contributed by atoms with Crippen LogP contribution in [0.2, 0.25) is 5.02 Å². The highest BCUT2D eigenvalue weighted by atomic mass is 35.5. The maximum Gasteiger partial charge on any atom is 0.253 e. The molecule has 2 saturated heterocycles. The third-order valence-corrected chi connectivity index (χ3v) is 9.42. The number of halogens is 1. The van der Waals surface area contributed by atoms with Gasteiger partial charge >= 0.3 is 0 Å². The third kappa shape index (κ3) is 5.40. The molecule has 2 fully saturated rings. The van der Waals surface area contributed by atoms with Gasteiger partial charge in [0.2, 0.25) is 0 Å². The number of pyridine rings is 1. The van der Waals surface area contributed by atoms with Crippen LogP contribution in [-0.2, 0) is 6.42 Å². The number of nitrogens with one attached hydrogen (secondary N) is 1. The van der Waals surface area contributed by atoms with Gasteiger partial charge in [-0.05, 0) is 97.9 Å². The van der Waals surface area contributed by atoms with Crippen LogP contribution in [0.4, 0.5) is 5.69 Å². The molecule has 1 unspecified atom stereocenters. The predicted octanol–water partition coefficient (Wildman–Crippen LogP) is 6.07. The quantitative estimate of drug-likeness (QED) is 0.435. The molecule has 1 atom stereocenters. The van der Waals surface area contributed by atoms with Gasteiger partial charge in [-0.1, -0.05) is 29.8 Å². The molecule has 2 amide bonds. The second-order valence-electron chi connectivity index (χ2n) is 11.3. The number of amides is 2. The highest BCUT2D eigenvalue weighted by molar-refractivity contribution is 6.33. The largest absolute Gasteiger partial charge is 0.371 e. The number of rotatable bonds is 4. The molecule has 3 aliphatic rings. The van der Waals surface area contributed by atoms with Crippen molar-refractivity contribution in [3.63, 3.8) is 0 Å². The summed E-state index contributed by atoms with van der Waals surface area (Å²) in [6.45, 7) is 3.73. The first kappa shape index (κ1) is 25.9. The van der Waals surface area contributed by atoms with E-state index in [1.807, 2.05) is 41.6 Å². The molecule has 6 nitrogen and oxygen atoms in total. The summed E-state index contributed by atoms with van der Waals surface area (Å²) in [5.74, 6) is -0.0740.